The van der Waals surface area contributed by atoms with Crippen molar-refractivity contribution < 1.29 is 10.2 Å². The molecule has 0 amide bonds. The SMILES string of the molecule is CC(CC#N)C1CCC2C3C(O)CC4CC(O)CCC4(C)C3CCC12C. The topological polar surface area (TPSA) is 64.2 Å². The zero-order valence-corrected chi connectivity index (χ0v) is 16.8. The number of fused-ring (bicyclic) bond motifs is 5. The Balaban J connectivity index is 1.62. The Labute approximate surface area is 159 Å². The molecule has 0 spiro atoms. The summed E-state index contributed by atoms with van der Waals surface area (Å²) in [4.78, 5) is 0. The number of aliphatic hydroxyl groups excluding tert-OH is 2. The van der Waals surface area contributed by atoms with E-state index in [2.05, 4.69) is 26.8 Å². The Morgan fingerprint density at radius 3 is 2.42 bits per heavy atom. The van der Waals surface area contributed by atoms with E-state index in [-0.39, 0.29) is 12.2 Å². The van der Waals surface area contributed by atoms with Gasteiger partial charge in [0.25, 0.3) is 0 Å². The third kappa shape index (κ3) is 2.59. The molecule has 10 unspecified atom stereocenters. The van der Waals surface area contributed by atoms with Crippen LogP contribution >= 0.6 is 0 Å². The van der Waals surface area contributed by atoms with Crippen molar-refractivity contribution in [3.8, 4) is 6.07 Å². The normalized spacial score (nSPS) is 54.5. The minimum atomic E-state index is -0.196. The zero-order valence-electron chi connectivity index (χ0n) is 16.8. The quantitative estimate of drug-likeness (QED) is 0.761. The highest BCUT2D eigenvalue weighted by molar-refractivity contribution is 5.12. The van der Waals surface area contributed by atoms with Crippen LogP contribution in [0.3, 0.4) is 0 Å². The van der Waals surface area contributed by atoms with E-state index >= 15 is 0 Å². The van der Waals surface area contributed by atoms with Gasteiger partial charge in [0.2, 0.25) is 0 Å². The molecule has 0 aromatic heterocycles. The Bertz CT molecular complexity index is 585. The molecule has 26 heavy (non-hydrogen) atoms. The number of aliphatic hydroxyl groups is 2. The Morgan fingerprint density at radius 1 is 1.00 bits per heavy atom. The van der Waals surface area contributed by atoms with Gasteiger partial charge in [-0.25, -0.2) is 0 Å². The molecule has 4 rings (SSSR count). The number of hydrogen-bond donors (Lipinski definition) is 2. The van der Waals surface area contributed by atoms with Gasteiger partial charge in [-0.3, -0.25) is 0 Å². The van der Waals surface area contributed by atoms with E-state index < -0.39 is 0 Å². The number of rotatable bonds is 2. The molecule has 0 aromatic carbocycles. The van der Waals surface area contributed by atoms with Gasteiger partial charge in [0, 0.05) is 6.42 Å². The van der Waals surface area contributed by atoms with Gasteiger partial charge >= 0.3 is 0 Å². The van der Waals surface area contributed by atoms with Crippen molar-refractivity contribution in [3.05, 3.63) is 0 Å². The van der Waals surface area contributed by atoms with Crippen molar-refractivity contribution in [1.29, 1.82) is 5.26 Å². The molecule has 4 fully saturated rings. The first-order valence-corrected chi connectivity index (χ1v) is 11.0. The lowest BCUT2D eigenvalue weighted by Crippen LogP contribution is -2.58. The molecular formula is C23H37NO2. The van der Waals surface area contributed by atoms with Crippen LogP contribution in [0, 0.1) is 57.7 Å². The summed E-state index contributed by atoms with van der Waals surface area (Å²) in [6.45, 7) is 7.22. The number of nitriles is 1. The van der Waals surface area contributed by atoms with Crippen LogP contribution in [-0.2, 0) is 0 Å². The Hall–Kier alpha value is -0.590. The first-order chi connectivity index (χ1) is 12.3. The summed E-state index contributed by atoms with van der Waals surface area (Å²) in [5.41, 5.74) is 0.608. The van der Waals surface area contributed by atoms with Crippen molar-refractivity contribution >= 4 is 0 Å². The molecule has 3 heteroatoms. The summed E-state index contributed by atoms with van der Waals surface area (Å²) in [5.74, 6) is 3.27. The average molecular weight is 360 g/mol. The first kappa shape index (κ1) is 18.8. The number of hydrogen-bond acceptors (Lipinski definition) is 3. The summed E-state index contributed by atoms with van der Waals surface area (Å²) in [5, 5.41) is 30.6. The molecule has 0 bridgehead atoms. The highest BCUT2D eigenvalue weighted by Gasteiger charge is 2.62. The fraction of sp³-hybridized carbons (Fsp3) is 0.957. The van der Waals surface area contributed by atoms with Crippen molar-refractivity contribution in [2.45, 2.75) is 90.8 Å². The monoisotopic (exact) mass is 359 g/mol. The summed E-state index contributed by atoms with van der Waals surface area (Å²) in [7, 11) is 0. The predicted octanol–water partition coefficient (Wildman–Crippen LogP) is 4.53. The van der Waals surface area contributed by atoms with Crippen LogP contribution in [0.2, 0.25) is 0 Å². The summed E-state index contributed by atoms with van der Waals surface area (Å²) >= 11 is 0. The second-order valence-corrected chi connectivity index (χ2v) is 10.8. The van der Waals surface area contributed by atoms with Gasteiger partial charge < -0.3 is 10.2 Å². The van der Waals surface area contributed by atoms with E-state index in [1.165, 1.54) is 25.7 Å². The van der Waals surface area contributed by atoms with Crippen LogP contribution in [0.1, 0.15) is 78.6 Å². The van der Waals surface area contributed by atoms with Gasteiger partial charge in [-0.1, -0.05) is 20.8 Å². The molecule has 0 radical (unpaired) electrons. The summed E-state index contributed by atoms with van der Waals surface area (Å²) < 4.78 is 0. The lowest BCUT2D eigenvalue weighted by molar-refractivity contribution is -0.174. The minimum Gasteiger partial charge on any atom is -0.393 e. The van der Waals surface area contributed by atoms with Crippen molar-refractivity contribution in [3.63, 3.8) is 0 Å². The molecule has 10 atom stereocenters. The van der Waals surface area contributed by atoms with Crippen molar-refractivity contribution in [2.75, 3.05) is 0 Å². The highest BCUT2D eigenvalue weighted by atomic mass is 16.3. The Morgan fingerprint density at radius 2 is 1.69 bits per heavy atom. The van der Waals surface area contributed by atoms with E-state index in [9.17, 15) is 15.5 Å². The molecule has 0 aliphatic heterocycles. The van der Waals surface area contributed by atoms with Gasteiger partial charge in [-0.2, -0.15) is 5.26 Å². The second-order valence-electron chi connectivity index (χ2n) is 10.8. The zero-order chi connectivity index (χ0) is 18.7. The third-order valence-corrected chi connectivity index (χ3v) is 9.83. The fourth-order valence-electron chi connectivity index (χ4n) is 8.46. The largest absolute Gasteiger partial charge is 0.393 e. The first-order valence-electron chi connectivity index (χ1n) is 11.0. The maximum atomic E-state index is 11.2. The molecular weight excluding hydrogens is 322 g/mol. The van der Waals surface area contributed by atoms with Crippen LogP contribution < -0.4 is 0 Å². The van der Waals surface area contributed by atoms with Crippen molar-refractivity contribution in [2.24, 2.45) is 46.3 Å². The van der Waals surface area contributed by atoms with E-state index in [1.807, 2.05) is 0 Å². The average Bonchev–Trinajstić information content (AvgIpc) is 2.94. The van der Waals surface area contributed by atoms with Crippen LogP contribution in [0.5, 0.6) is 0 Å². The lowest BCUT2D eigenvalue weighted by Gasteiger charge is -2.62. The van der Waals surface area contributed by atoms with E-state index in [0.29, 0.717) is 52.8 Å². The molecule has 2 N–H and O–H groups in total. The van der Waals surface area contributed by atoms with Crippen LogP contribution in [0.4, 0.5) is 0 Å². The van der Waals surface area contributed by atoms with Gasteiger partial charge in [-0.15, -0.1) is 0 Å². The molecule has 0 heterocycles. The maximum Gasteiger partial charge on any atom is 0.0624 e. The highest BCUT2D eigenvalue weighted by Crippen LogP contribution is 2.68. The summed E-state index contributed by atoms with van der Waals surface area (Å²) in [6, 6.07) is 2.40. The standard InChI is InChI=1S/C23H37NO2/c1-14(8-11-24)17-4-5-18-21-19(7-10-23(17,18)3)22(2)9-6-16(25)12-15(22)13-20(21)26/h14-21,25-26H,4-10,12-13H2,1-3H3. The molecule has 3 nitrogen and oxygen atoms in total. The maximum absolute atomic E-state index is 11.2. The van der Waals surface area contributed by atoms with Crippen LogP contribution in [0.15, 0.2) is 0 Å². The third-order valence-electron chi connectivity index (χ3n) is 9.83. The smallest absolute Gasteiger partial charge is 0.0624 e. The number of nitrogens with zero attached hydrogens (tertiary/aromatic N) is 1. The fourth-order valence-corrected chi connectivity index (χ4v) is 8.46. The van der Waals surface area contributed by atoms with Crippen LogP contribution in [-0.4, -0.2) is 22.4 Å². The predicted molar refractivity (Wildman–Crippen MR) is 102 cm³/mol. The van der Waals surface area contributed by atoms with E-state index in [0.717, 1.165) is 25.7 Å². The van der Waals surface area contributed by atoms with Gasteiger partial charge in [0.1, 0.15) is 0 Å². The minimum absolute atomic E-state index is 0.159. The van der Waals surface area contributed by atoms with Gasteiger partial charge in [0.15, 0.2) is 0 Å². The van der Waals surface area contributed by atoms with E-state index in [1.54, 1.807) is 0 Å². The molecule has 4 saturated carbocycles. The van der Waals surface area contributed by atoms with E-state index in [4.69, 9.17) is 0 Å². The Kier molecular flexibility index (Phi) is 4.68. The summed E-state index contributed by atoms with van der Waals surface area (Å²) in [6.07, 6.45) is 9.12. The van der Waals surface area contributed by atoms with Crippen LogP contribution in [0.25, 0.3) is 0 Å². The van der Waals surface area contributed by atoms with Crippen molar-refractivity contribution in [1.82, 2.24) is 0 Å². The lowest BCUT2D eigenvalue weighted by atomic mass is 9.43. The molecule has 4 aliphatic carbocycles. The van der Waals surface area contributed by atoms with Gasteiger partial charge in [0.05, 0.1) is 18.3 Å². The molecule has 0 aromatic rings. The molecule has 0 saturated heterocycles. The molecule has 4 aliphatic rings. The van der Waals surface area contributed by atoms with Gasteiger partial charge in [-0.05, 0) is 97.7 Å². The second kappa shape index (κ2) is 6.49. The molecule has 146 valence electrons.